The fourth-order valence-corrected chi connectivity index (χ4v) is 2.49. The molecule has 102 valence electrons. The summed E-state index contributed by atoms with van der Waals surface area (Å²) in [7, 11) is 0. The van der Waals surface area contributed by atoms with Crippen molar-refractivity contribution < 1.29 is 0 Å². The maximum atomic E-state index is 5.99. The van der Waals surface area contributed by atoms with Crippen molar-refractivity contribution >= 4 is 45.0 Å². The standard InChI is InChI=1S/C15H10ClN5/c16-15-17-11-7-3-1-5-9(11)13(19-15)18-14-10-6-2-4-8-12(10)20-21-14/h1-8H,(H2,17,18,19,20,21). The molecule has 0 unspecified atom stereocenters. The van der Waals surface area contributed by atoms with Crippen molar-refractivity contribution in [2.24, 2.45) is 0 Å². The zero-order valence-electron chi connectivity index (χ0n) is 10.8. The number of anilines is 2. The minimum absolute atomic E-state index is 0.205. The third kappa shape index (κ3) is 2.08. The summed E-state index contributed by atoms with van der Waals surface area (Å²) in [5.74, 6) is 1.35. The van der Waals surface area contributed by atoms with E-state index >= 15 is 0 Å². The van der Waals surface area contributed by atoms with Crippen LogP contribution in [0, 0.1) is 0 Å². The topological polar surface area (TPSA) is 66.5 Å². The molecule has 0 aliphatic rings. The normalized spacial score (nSPS) is 11.1. The number of rotatable bonds is 2. The Kier molecular flexibility index (Phi) is 2.72. The Morgan fingerprint density at radius 1 is 0.857 bits per heavy atom. The molecule has 0 bridgehead atoms. The molecule has 2 aromatic heterocycles. The molecule has 4 aromatic rings. The van der Waals surface area contributed by atoms with Gasteiger partial charge in [-0.25, -0.2) is 4.98 Å². The lowest BCUT2D eigenvalue weighted by Crippen LogP contribution is -1.97. The molecule has 0 saturated carbocycles. The predicted octanol–water partition coefficient (Wildman–Crippen LogP) is 3.90. The summed E-state index contributed by atoms with van der Waals surface area (Å²) in [6.45, 7) is 0. The van der Waals surface area contributed by atoms with Crippen LogP contribution in [-0.2, 0) is 0 Å². The van der Waals surface area contributed by atoms with Gasteiger partial charge >= 0.3 is 0 Å². The molecule has 0 saturated heterocycles. The number of aromatic nitrogens is 4. The monoisotopic (exact) mass is 295 g/mol. The maximum Gasteiger partial charge on any atom is 0.224 e. The number of nitrogens with zero attached hydrogens (tertiary/aromatic N) is 3. The lowest BCUT2D eigenvalue weighted by Gasteiger charge is -2.07. The summed E-state index contributed by atoms with van der Waals surface area (Å²) >= 11 is 5.99. The first-order valence-electron chi connectivity index (χ1n) is 6.44. The zero-order chi connectivity index (χ0) is 14.2. The van der Waals surface area contributed by atoms with E-state index in [1.165, 1.54) is 0 Å². The van der Waals surface area contributed by atoms with Gasteiger partial charge in [-0.3, -0.25) is 5.10 Å². The number of halogens is 1. The first-order valence-corrected chi connectivity index (χ1v) is 6.81. The summed E-state index contributed by atoms with van der Waals surface area (Å²) in [6, 6.07) is 15.6. The van der Waals surface area contributed by atoms with Crippen LogP contribution in [0.4, 0.5) is 11.6 Å². The highest BCUT2D eigenvalue weighted by Crippen LogP contribution is 2.27. The lowest BCUT2D eigenvalue weighted by atomic mass is 10.2. The van der Waals surface area contributed by atoms with Gasteiger partial charge in [0.15, 0.2) is 5.82 Å². The van der Waals surface area contributed by atoms with Gasteiger partial charge in [0.2, 0.25) is 5.28 Å². The Morgan fingerprint density at radius 2 is 1.62 bits per heavy atom. The molecule has 0 spiro atoms. The molecule has 2 heterocycles. The van der Waals surface area contributed by atoms with Crippen molar-refractivity contribution in [1.29, 1.82) is 0 Å². The average Bonchev–Trinajstić information content (AvgIpc) is 2.90. The van der Waals surface area contributed by atoms with Crippen molar-refractivity contribution in [3.63, 3.8) is 0 Å². The molecule has 21 heavy (non-hydrogen) atoms. The van der Waals surface area contributed by atoms with Gasteiger partial charge in [0, 0.05) is 10.8 Å². The minimum atomic E-state index is 0.205. The van der Waals surface area contributed by atoms with Gasteiger partial charge in [-0.1, -0.05) is 24.3 Å². The number of hydrogen-bond donors (Lipinski definition) is 2. The maximum absolute atomic E-state index is 5.99. The molecule has 0 aliphatic carbocycles. The molecule has 0 radical (unpaired) electrons. The van der Waals surface area contributed by atoms with E-state index in [4.69, 9.17) is 11.6 Å². The number of nitrogens with one attached hydrogen (secondary N) is 2. The second kappa shape index (κ2) is 4.71. The van der Waals surface area contributed by atoms with E-state index in [0.29, 0.717) is 11.6 Å². The Morgan fingerprint density at radius 3 is 2.52 bits per heavy atom. The van der Waals surface area contributed by atoms with Crippen LogP contribution >= 0.6 is 11.6 Å². The van der Waals surface area contributed by atoms with E-state index in [1.807, 2.05) is 48.5 Å². The number of H-pyrrole nitrogens is 1. The van der Waals surface area contributed by atoms with Crippen LogP contribution in [0.3, 0.4) is 0 Å². The van der Waals surface area contributed by atoms with E-state index in [9.17, 15) is 0 Å². The van der Waals surface area contributed by atoms with Gasteiger partial charge < -0.3 is 5.32 Å². The van der Waals surface area contributed by atoms with Crippen molar-refractivity contribution in [3.05, 3.63) is 53.8 Å². The number of fused-ring (bicyclic) bond motifs is 2. The number of benzene rings is 2. The van der Waals surface area contributed by atoms with Crippen LogP contribution in [-0.4, -0.2) is 20.2 Å². The largest absolute Gasteiger partial charge is 0.322 e. The number of aromatic amines is 1. The van der Waals surface area contributed by atoms with Crippen LogP contribution in [0.2, 0.25) is 5.28 Å². The summed E-state index contributed by atoms with van der Waals surface area (Å²) < 4.78 is 0. The minimum Gasteiger partial charge on any atom is -0.322 e. The van der Waals surface area contributed by atoms with E-state index in [2.05, 4.69) is 25.5 Å². The molecule has 0 aliphatic heterocycles. The van der Waals surface area contributed by atoms with Gasteiger partial charge in [0.1, 0.15) is 5.82 Å². The average molecular weight is 296 g/mol. The Balaban J connectivity index is 1.87. The predicted molar refractivity (Wildman–Crippen MR) is 83.9 cm³/mol. The summed E-state index contributed by atoms with van der Waals surface area (Å²) in [6.07, 6.45) is 0. The molecule has 4 rings (SSSR count). The smallest absolute Gasteiger partial charge is 0.224 e. The Labute approximate surface area is 125 Å². The quantitative estimate of drug-likeness (QED) is 0.550. The van der Waals surface area contributed by atoms with Crippen LogP contribution in [0.5, 0.6) is 0 Å². The SMILES string of the molecule is Clc1nc(Nc2n[nH]c3ccccc23)c2ccccc2n1. The number of para-hydroxylation sites is 2. The van der Waals surface area contributed by atoms with E-state index < -0.39 is 0 Å². The Hall–Kier alpha value is -2.66. The molecule has 5 nitrogen and oxygen atoms in total. The first kappa shape index (κ1) is 12.1. The molecule has 0 fully saturated rings. The molecular weight excluding hydrogens is 286 g/mol. The van der Waals surface area contributed by atoms with Gasteiger partial charge in [-0.2, -0.15) is 10.1 Å². The van der Waals surface area contributed by atoms with E-state index in [0.717, 1.165) is 21.8 Å². The highest BCUT2D eigenvalue weighted by molar-refractivity contribution is 6.28. The van der Waals surface area contributed by atoms with Crippen LogP contribution in [0.1, 0.15) is 0 Å². The van der Waals surface area contributed by atoms with Crippen molar-refractivity contribution in [2.75, 3.05) is 5.32 Å². The van der Waals surface area contributed by atoms with Crippen LogP contribution in [0.25, 0.3) is 21.8 Å². The molecule has 0 amide bonds. The zero-order valence-corrected chi connectivity index (χ0v) is 11.6. The number of hydrogen-bond acceptors (Lipinski definition) is 4. The van der Waals surface area contributed by atoms with Crippen molar-refractivity contribution in [1.82, 2.24) is 20.2 Å². The third-order valence-corrected chi connectivity index (χ3v) is 3.45. The van der Waals surface area contributed by atoms with Crippen molar-refractivity contribution in [2.45, 2.75) is 0 Å². The fourth-order valence-electron chi connectivity index (χ4n) is 2.31. The van der Waals surface area contributed by atoms with Gasteiger partial charge in [-0.05, 0) is 35.9 Å². The van der Waals surface area contributed by atoms with Crippen LogP contribution < -0.4 is 5.32 Å². The second-order valence-corrected chi connectivity index (χ2v) is 4.94. The third-order valence-electron chi connectivity index (χ3n) is 3.28. The summed E-state index contributed by atoms with van der Waals surface area (Å²) in [5, 5.41) is 12.6. The molecule has 2 aromatic carbocycles. The molecule has 2 N–H and O–H groups in total. The van der Waals surface area contributed by atoms with E-state index in [-0.39, 0.29) is 5.28 Å². The van der Waals surface area contributed by atoms with Gasteiger partial charge in [0.25, 0.3) is 0 Å². The molecular formula is C15H10ClN5. The van der Waals surface area contributed by atoms with Crippen molar-refractivity contribution in [3.8, 4) is 0 Å². The molecule has 0 atom stereocenters. The molecule has 6 heteroatoms. The first-order chi connectivity index (χ1) is 10.3. The second-order valence-electron chi connectivity index (χ2n) is 4.60. The van der Waals surface area contributed by atoms with E-state index in [1.54, 1.807) is 0 Å². The Bertz CT molecular complexity index is 947. The highest BCUT2D eigenvalue weighted by atomic mass is 35.5. The van der Waals surface area contributed by atoms with Crippen LogP contribution in [0.15, 0.2) is 48.5 Å². The van der Waals surface area contributed by atoms with Gasteiger partial charge in [0.05, 0.1) is 11.0 Å². The summed E-state index contributed by atoms with van der Waals surface area (Å²) in [4.78, 5) is 8.49. The fraction of sp³-hybridized carbons (Fsp3) is 0. The highest BCUT2D eigenvalue weighted by Gasteiger charge is 2.10. The summed E-state index contributed by atoms with van der Waals surface area (Å²) in [5.41, 5.74) is 1.75. The lowest BCUT2D eigenvalue weighted by molar-refractivity contribution is 1.11. The van der Waals surface area contributed by atoms with Gasteiger partial charge in [-0.15, -0.1) is 0 Å².